The zero-order valence-electron chi connectivity index (χ0n) is 20.4. The van der Waals surface area contributed by atoms with Gasteiger partial charge in [0.2, 0.25) is 0 Å². The van der Waals surface area contributed by atoms with E-state index in [4.69, 9.17) is 27.9 Å². The van der Waals surface area contributed by atoms with Gasteiger partial charge < -0.3 is 23.7 Å². The molecule has 0 aliphatic carbocycles. The second-order valence-electron chi connectivity index (χ2n) is 7.45. The van der Waals surface area contributed by atoms with E-state index in [2.05, 4.69) is 6.92 Å². The first-order valence-corrected chi connectivity index (χ1v) is 13.3. The van der Waals surface area contributed by atoms with E-state index in [0.29, 0.717) is 46.2 Å². The summed E-state index contributed by atoms with van der Waals surface area (Å²) in [5.74, 6) is -0.153. The standard InChI is InChI=1S/C24H40O9S/c1-3-5-9-22(4-2)24(25)32-20-18-30-16-14-28-12-13-29-15-17-31-19-21-33-34(26,27)23-10-7-6-8-11-23/h6-8,10-11,22H,3-5,9,12-21H2,1-2H3. The van der Waals surface area contributed by atoms with Crippen molar-refractivity contribution in [2.24, 2.45) is 5.92 Å². The van der Waals surface area contributed by atoms with Gasteiger partial charge in [-0.25, -0.2) is 0 Å². The SMILES string of the molecule is CCCCC(CC)C(=O)OCCOCCOCCOCCOCCOS(=O)(=O)c1ccccc1. The third-order valence-electron chi connectivity index (χ3n) is 4.82. The molecule has 1 aromatic rings. The molecule has 0 bridgehead atoms. The number of hydrogen-bond donors (Lipinski definition) is 0. The summed E-state index contributed by atoms with van der Waals surface area (Å²) >= 11 is 0. The molecule has 0 heterocycles. The first kappa shape index (κ1) is 30.5. The average Bonchev–Trinajstić information content (AvgIpc) is 2.84. The van der Waals surface area contributed by atoms with Crippen molar-refractivity contribution in [2.75, 3.05) is 66.1 Å². The molecule has 9 nitrogen and oxygen atoms in total. The van der Waals surface area contributed by atoms with Crippen LogP contribution in [0.25, 0.3) is 0 Å². The number of unbranched alkanes of at least 4 members (excludes halogenated alkanes) is 1. The van der Waals surface area contributed by atoms with Gasteiger partial charge >= 0.3 is 5.97 Å². The minimum absolute atomic E-state index is 0.0159. The highest BCUT2D eigenvalue weighted by molar-refractivity contribution is 7.86. The van der Waals surface area contributed by atoms with Crippen LogP contribution in [-0.4, -0.2) is 80.5 Å². The fourth-order valence-corrected chi connectivity index (χ4v) is 3.79. The van der Waals surface area contributed by atoms with Gasteiger partial charge in [-0.15, -0.1) is 0 Å². The zero-order valence-corrected chi connectivity index (χ0v) is 21.3. The molecule has 1 unspecified atom stereocenters. The van der Waals surface area contributed by atoms with E-state index in [0.717, 1.165) is 25.7 Å². The largest absolute Gasteiger partial charge is 0.463 e. The van der Waals surface area contributed by atoms with Crippen LogP contribution >= 0.6 is 0 Å². The number of esters is 1. The Kier molecular flexibility index (Phi) is 17.7. The van der Waals surface area contributed by atoms with E-state index >= 15 is 0 Å². The molecule has 0 amide bonds. The smallest absolute Gasteiger partial charge is 0.308 e. The first-order chi connectivity index (χ1) is 16.5. The van der Waals surface area contributed by atoms with Gasteiger partial charge in [0.25, 0.3) is 10.1 Å². The summed E-state index contributed by atoms with van der Waals surface area (Å²) in [6.45, 7) is 7.19. The van der Waals surface area contributed by atoms with E-state index in [1.165, 1.54) is 12.1 Å². The lowest BCUT2D eigenvalue weighted by molar-refractivity contribution is -0.150. The molecule has 0 spiro atoms. The molecule has 0 aliphatic rings. The molecule has 0 aromatic heterocycles. The maximum atomic E-state index is 12.0. The second-order valence-corrected chi connectivity index (χ2v) is 9.07. The van der Waals surface area contributed by atoms with Crippen LogP contribution in [0.4, 0.5) is 0 Å². The van der Waals surface area contributed by atoms with Crippen LogP contribution in [0.3, 0.4) is 0 Å². The number of benzene rings is 1. The van der Waals surface area contributed by atoms with Gasteiger partial charge in [-0.1, -0.05) is 44.9 Å². The monoisotopic (exact) mass is 504 g/mol. The summed E-state index contributed by atoms with van der Waals surface area (Å²) in [6.07, 6.45) is 3.79. The van der Waals surface area contributed by atoms with Gasteiger partial charge in [0.1, 0.15) is 6.61 Å². The van der Waals surface area contributed by atoms with Crippen LogP contribution < -0.4 is 0 Å². The molecular formula is C24H40O9S. The normalized spacial score (nSPS) is 12.5. The van der Waals surface area contributed by atoms with E-state index < -0.39 is 10.1 Å². The fourth-order valence-electron chi connectivity index (χ4n) is 2.88. The predicted molar refractivity (Wildman–Crippen MR) is 127 cm³/mol. The van der Waals surface area contributed by atoms with Crippen LogP contribution in [0, 0.1) is 5.92 Å². The Bertz CT molecular complexity index is 725. The van der Waals surface area contributed by atoms with Crippen molar-refractivity contribution in [3.63, 3.8) is 0 Å². The van der Waals surface area contributed by atoms with E-state index in [-0.39, 0.29) is 36.6 Å². The maximum Gasteiger partial charge on any atom is 0.308 e. The summed E-state index contributed by atoms with van der Waals surface area (Å²) in [4.78, 5) is 12.1. The van der Waals surface area contributed by atoms with Crippen molar-refractivity contribution in [1.82, 2.24) is 0 Å². The summed E-state index contributed by atoms with van der Waals surface area (Å²) < 4.78 is 55.5. The molecule has 0 N–H and O–H groups in total. The van der Waals surface area contributed by atoms with Gasteiger partial charge in [-0.2, -0.15) is 8.42 Å². The molecule has 0 saturated heterocycles. The summed E-state index contributed by atoms with van der Waals surface area (Å²) in [5, 5.41) is 0. The lowest BCUT2D eigenvalue weighted by atomic mass is 10.00. The maximum absolute atomic E-state index is 12.0. The topological polar surface area (TPSA) is 107 Å². The second kappa shape index (κ2) is 19.7. The molecule has 196 valence electrons. The Morgan fingerprint density at radius 3 is 1.76 bits per heavy atom. The van der Waals surface area contributed by atoms with Crippen molar-refractivity contribution < 1.29 is 41.1 Å². The first-order valence-electron chi connectivity index (χ1n) is 11.9. The van der Waals surface area contributed by atoms with Gasteiger partial charge in [0.15, 0.2) is 0 Å². The molecule has 0 fully saturated rings. The zero-order chi connectivity index (χ0) is 24.9. The lowest BCUT2D eigenvalue weighted by Crippen LogP contribution is -2.20. The van der Waals surface area contributed by atoms with Crippen LogP contribution in [0.1, 0.15) is 39.5 Å². The fraction of sp³-hybridized carbons (Fsp3) is 0.708. The highest BCUT2D eigenvalue weighted by Gasteiger charge is 2.17. The summed E-state index contributed by atoms with van der Waals surface area (Å²) in [5.41, 5.74) is 0. The van der Waals surface area contributed by atoms with Gasteiger partial charge in [-0.05, 0) is 25.0 Å². The van der Waals surface area contributed by atoms with Crippen LogP contribution in [0.5, 0.6) is 0 Å². The van der Waals surface area contributed by atoms with Crippen molar-refractivity contribution in [1.29, 1.82) is 0 Å². The van der Waals surface area contributed by atoms with Gasteiger partial charge in [0.05, 0.1) is 70.3 Å². The van der Waals surface area contributed by atoms with Crippen LogP contribution in [0.2, 0.25) is 0 Å². The number of ether oxygens (including phenoxy) is 5. The minimum atomic E-state index is -3.75. The molecule has 1 aromatic carbocycles. The molecule has 0 radical (unpaired) electrons. The molecule has 0 aliphatic heterocycles. The highest BCUT2D eigenvalue weighted by Crippen LogP contribution is 2.14. The third kappa shape index (κ3) is 14.6. The molecule has 0 saturated carbocycles. The van der Waals surface area contributed by atoms with Crippen molar-refractivity contribution >= 4 is 16.1 Å². The van der Waals surface area contributed by atoms with Crippen molar-refractivity contribution in [3.05, 3.63) is 30.3 Å². The Morgan fingerprint density at radius 1 is 0.765 bits per heavy atom. The average molecular weight is 505 g/mol. The number of rotatable bonds is 22. The van der Waals surface area contributed by atoms with E-state index in [1.807, 2.05) is 6.92 Å². The molecule has 10 heteroatoms. The third-order valence-corrected chi connectivity index (χ3v) is 6.14. The number of carbonyl (C=O) groups is 1. The van der Waals surface area contributed by atoms with Crippen LogP contribution in [-0.2, 0) is 42.8 Å². The number of hydrogen-bond acceptors (Lipinski definition) is 9. The molecule has 1 atom stereocenters. The number of carbonyl (C=O) groups excluding carboxylic acids is 1. The Morgan fingerprint density at radius 2 is 1.26 bits per heavy atom. The quantitative estimate of drug-likeness (QED) is 0.134. The molecular weight excluding hydrogens is 464 g/mol. The van der Waals surface area contributed by atoms with Crippen molar-refractivity contribution in [2.45, 2.75) is 44.4 Å². The van der Waals surface area contributed by atoms with Gasteiger partial charge in [-0.3, -0.25) is 8.98 Å². The predicted octanol–water partition coefficient (Wildman–Crippen LogP) is 3.22. The van der Waals surface area contributed by atoms with E-state index in [9.17, 15) is 13.2 Å². The highest BCUT2D eigenvalue weighted by atomic mass is 32.2. The Balaban J connectivity index is 1.85. The van der Waals surface area contributed by atoms with Crippen LogP contribution in [0.15, 0.2) is 35.2 Å². The minimum Gasteiger partial charge on any atom is -0.463 e. The summed E-state index contributed by atoms with van der Waals surface area (Å²) in [6, 6.07) is 7.97. The molecule has 34 heavy (non-hydrogen) atoms. The Labute approximate surface area is 204 Å². The summed E-state index contributed by atoms with van der Waals surface area (Å²) in [7, 11) is -3.75. The molecule has 1 rings (SSSR count). The van der Waals surface area contributed by atoms with Gasteiger partial charge in [0, 0.05) is 0 Å². The van der Waals surface area contributed by atoms with Crippen molar-refractivity contribution in [3.8, 4) is 0 Å². The van der Waals surface area contributed by atoms with E-state index in [1.54, 1.807) is 18.2 Å². The Hall–Kier alpha value is -1.56. The lowest BCUT2D eigenvalue weighted by Gasteiger charge is -2.13.